The molecule has 6 nitrogen and oxygen atoms in total. The van der Waals surface area contributed by atoms with Crippen molar-refractivity contribution in [2.45, 2.75) is 19.1 Å². The molecule has 0 fully saturated rings. The van der Waals surface area contributed by atoms with E-state index in [4.69, 9.17) is 23.2 Å². The van der Waals surface area contributed by atoms with E-state index in [1.165, 1.54) is 18.4 Å². The van der Waals surface area contributed by atoms with Crippen LogP contribution in [-0.4, -0.2) is 48.6 Å². The smallest absolute Gasteiger partial charge is 0.349 e. The molecular formula is C19H19Cl2F3N4O2S2. The van der Waals surface area contributed by atoms with E-state index in [1.807, 2.05) is 0 Å². The van der Waals surface area contributed by atoms with Crippen LogP contribution >= 0.6 is 34.5 Å². The Balaban J connectivity index is 2.58. The monoisotopic (exact) mass is 526 g/mol. The number of amides is 1. The van der Waals surface area contributed by atoms with Crippen LogP contribution in [0.15, 0.2) is 35.9 Å². The van der Waals surface area contributed by atoms with Crippen LogP contribution in [0.4, 0.5) is 13.2 Å². The lowest BCUT2D eigenvalue weighted by Crippen LogP contribution is -2.35. The van der Waals surface area contributed by atoms with E-state index in [9.17, 15) is 22.2 Å². The van der Waals surface area contributed by atoms with Gasteiger partial charge < -0.3 is 5.32 Å². The highest BCUT2D eigenvalue weighted by molar-refractivity contribution is 7.84. The number of allylic oxidation sites excluding steroid dienone is 5. The van der Waals surface area contributed by atoms with E-state index in [1.54, 1.807) is 19.1 Å². The number of rotatable bonds is 9. The van der Waals surface area contributed by atoms with Crippen molar-refractivity contribution in [1.82, 2.24) is 19.9 Å². The number of alkyl halides is 4. The summed E-state index contributed by atoms with van der Waals surface area (Å²) in [6, 6.07) is -0.365. The second-order valence-electron chi connectivity index (χ2n) is 6.45. The van der Waals surface area contributed by atoms with Crippen LogP contribution in [0.2, 0.25) is 0 Å². The maximum absolute atomic E-state index is 13.1. The summed E-state index contributed by atoms with van der Waals surface area (Å²) in [5, 5.41) is 5.35. The van der Waals surface area contributed by atoms with Gasteiger partial charge in [-0.3, -0.25) is 9.00 Å². The van der Waals surface area contributed by atoms with E-state index in [-0.39, 0.29) is 39.1 Å². The molecule has 0 bridgehead atoms. The first kappa shape index (κ1) is 26.3. The van der Waals surface area contributed by atoms with Crippen LogP contribution in [0.25, 0.3) is 16.6 Å². The molecule has 0 saturated carbocycles. The van der Waals surface area contributed by atoms with Gasteiger partial charge in [0.1, 0.15) is 5.69 Å². The zero-order valence-corrected chi connectivity index (χ0v) is 20.1. The number of imidazole rings is 1. The van der Waals surface area contributed by atoms with Crippen molar-refractivity contribution in [2.75, 3.05) is 17.9 Å². The molecule has 32 heavy (non-hydrogen) atoms. The quantitative estimate of drug-likeness (QED) is 0.293. The first-order chi connectivity index (χ1) is 15.0. The molecule has 1 amide bonds. The third-order valence-corrected chi connectivity index (χ3v) is 6.27. The number of hydrogen-bond donors (Lipinski definition) is 1. The molecule has 0 aliphatic carbocycles. The van der Waals surface area contributed by atoms with Gasteiger partial charge in [-0.25, -0.2) is 9.50 Å². The summed E-state index contributed by atoms with van der Waals surface area (Å²) < 4.78 is 51.7. The number of hydrogen-bond acceptors (Lipinski definition) is 5. The summed E-state index contributed by atoms with van der Waals surface area (Å²) in [7, 11) is -1.11. The van der Waals surface area contributed by atoms with Crippen LogP contribution < -0.4 is 5.32 Å². The highest BCUT2D eigenvalue weighted by atomic mass is 35.5. The molecular weight excluding hydrogens is 508 g/mol. The molecule has 0 saturated heterocycles. The minimum atomic E-state index is -4.65. The lowest BCUT2D eigenvalue weighted by molar-refractivity contribution is -0.138. The van der Waals surface area contributed by atoms with Gasteiger partial charge in [0.25, 0.3) is 0 Å². The molecule has 0 aromatic carbocycles. The van der Waals surface area contributed by atoms with Crippen molar-refractivity contribution < 1.29 is 22.2 Å². The molecule has 2 rings (SSSR count). The van der Waals surface area contributed by atoms with Crippen LogP contribution in [0.3, 0.4) is 0 Å². The molecule has 2 aromatic rings. The van der Waals surface area contributed by atoms with E-state index >= 15 is 0 Å². The van der Waals surface area contributed by atoms with Gasteiger partial charge in [-0.1, -0.05) is 47.7 Å². The molecule has 0 aliphatic rings. The third-order valence-electron chi connectivity index (χ3n) is 3.81. The topological polar surface area (TPSA) is 76.4 Å². The summed E-state index contributed by atoms with van der Waals surface area (Å²) in [5.74, 6) is -0.103. The Kier molecular flexibility index (Phi) is 9.26. The molecule has 2 aromatic heterocycles. The summed E-state index contributed by atoms with van der Waals surface area (Å²) >= 11 is 12.3. The molecule has 1 N–H and O–H groups in total. The number of nitrogens with zero attached hydrogens (tertiary/aromatic N) is 3. The number of halogens is 5. The Labute approximate surface area is 199 Å². The van der Waals surface area contributed by atoms with Gasteiger partial charge in [0, 0.05) is 51.4 Å². The van der Waals surface area contributed by atoms with Gasteiger partial charge in [0.05, 0.1) is 5.69 Å². The van der Waals surface area contributed by atoms with E-state index in [0.29, 0.717) is 16.9 Å². The summed E-state index contributed by atoms with van der Waals surface area (Å²) in [6.45, 7) is 5.29. The van der Waals surface area contributed by atoms with Crippen LogP contribution in [-0.2, 0) is 21.8 Å². The van der Waals surface area contributed by atoms with Gasteiger partial charge in [-0.15, -0.1) is 16.7 Å². The Morgan fingerprint density at radius 3 is 2.66 bits per heavy atom. The molecule has 0 aliphatic heterocycles. The lowest BCUT2D eigenvalue weighted by atomic mass is 10.1. The van der Waals surface area contributed by atoms with Gasteiger partial charge in [-0.2, -0.15) is 13.2 Å². The first-order valence-corrected chi connectivity index (χ1v) is 12.4. The van der Waals surface area contributed by atoms with Crippen molar-refractivity contribution in [3.05, 3.63) is 52.3 Å². The minimum absolute atomic E-state index is 0.0348. The number of carbonyl (C=O) groups excluding carboxylic acids is 1. The maximum Gasteiger partial charge on any atom is 0.445 e. The van der Waals surface area contributed by atoms with E-state index in [0.717, 1.165) is 10.6 Å². The van der Waals surface area contributed by atoms with Gasteiger partial charge in [0.15, 0.2) is 0 Å². The summed E-state index contributed by atoms with van der Waals surface area (Å²) in [4.78, 5) is 16.5. The average molecular weight is 527 g/mol. The van der Waals surface area contributed by atoms with E-state index < -0.39 is 27.9 Å². The Bertz CT molecular complexity index is 1120. The van der Waals surface area contributed by atoms with Crippen molar-refractivity contribution >= 4 is 67.9 Å². The van der Waals surface area contributed by atoms with Gasteiger partial charge in [0.2, 0.25) is 15.9 Å². The highest BCUT2D eigenvalue weighted by Crippen LogP contribution is 2.35. The largest absolute Gasteiger partial charge is 0.445 e. The van der Waals surface area contributed by atoms with Crippen molar-refractivity contribution in [1.29, 1.82) is 0 Å². The second-order valence-corrected chi connectivity index (χ2v) is 9.60. The number of fused-ring (bicyclic) bond motifs is 1. The maximum atomic E-state index is 13.1. The van der Waals surface area contributed by atoms with Crippen LogP contribution in [0.1, 0.15) is 23.3 Å². The molecule has 2 heterocycles. The predicted octanol–water partition coefficient (Wildman–Crippen LogP) is 4.64. The van der Waals surface area contributed by atoms with Crippen molar-refractivity contribution in [3.63, 3.8) is 0 Å². The summed E-state index contributed by atoms with van der Waals surface area (Å²) in [6.07, 6.45) is 3.79. The zero-order valence-electron chi connectivity index (χ0n) is 16.9. The Morgan fingerprint density at radius 2 is 2.09 bits per heavy atom. The molecule has 13 heteroatoms. The minimum Gasteiger partial charge on any atom is -0.349 e. The van der Waals surface area contributed by atoms with Crippen LogP contribution in [0, 0.1) is 0 Å². The Morgan fingerprint density at radius 1 is 1.41 bits per heavy atom. The fourth-order valence-electron chi connectivity index (χ4n) is 2.61. The number of aromatic nitrogens is 3. The zero-order chi connectivity index (χ0) is 24.1. The summed E-state index contributed by atoms with van der Waals surface area (Å²) in [5.41, 5.74) is 0.668. The first-order valence-electron chi connectivity index (χ1n) is 8.98. The SMILES string of the molecule is C=C/C(Cl)=C(\C=C/CCl)c1nc2sc(C(F)(F)F)nn2c1/C=C/C(=O)NC(C)CS(C)=O. The Hall–Kier alpha value is -1.95. The van der Waals surface area contributed by atoms with E-state index in [2.05, 4.69) is 22.0 Å². The molecule has 2 atom stereocenters. The normalized spacial score (nSPS) is 15.3. The molecule has 0 radical (unpaired) electrons. The highest BCUT2D eigenvalue weighted by Gasteiger charge is 2.36. The van der Waals surface area contributed by atoms with Crippen molar-refractivity contribution in [3.8, 4) is 0 Å². The fourth-order valence-corrected chi connectivity index (χ4v) is 4.41. The van der Waals surface area contributed by atoms with Crippen molar-refractivity contribution in [2.24, 2.45) is 0 Å². The fraction of sp³-hybridized carbons (Fsp3) is 0.316. The van der Waals surface area contributed by atoms with Gasteiger partial charge >= 0.3 is 6.18 Å². The lowest BCUT2D eigenvalue weighted by Gasteiger charge is -2.10. The second kappa shape index (κ2) is 11.3. The van der Waals surface area contributed by atoms with Crippen LogP contribution in [0.5, 0.6) is 0 Å². The molecule has 0 spiro atoms. The number of carbonyl (C=O) groups is 1. The standard InChI is InChI=1S/C19H19Cl2F3N4O2S2/c1-4-13(21)12(6-5-9-20)16-14(7-8-15(29)25-11(2)10-32(3)30)28-18(26-16)31-17(27-28)19(22,23)24/h4-8,11H,1,9-10H2,2-3H3,(H,25,29)/b6-5-,8-7+,13-12-. The van der Waals surface area contributed by atoms with Gasteiger partial charge in [-0.05, 0) is 13.0 Å². The average Bonchev–Trinajstić information content (AvgIpc) is 3.24. The molecule has 2 unspecified atom stereocenters. The predicted molar refractivity (Wildman–Crippen MR) is 124 cm³/mol. The number of nitrogens with one attached hydrogen (secondary N) is 1. The molecule has 174 valence electrons. The third kappa shape index (κ3) is 6.77.